The van der Waals surface area contributed by atoms with E-state index in [9.17, 15) is 4.79 Å². The highest BCUT2D eigenvalue weighted by Gasteiger charge is 2.17. The number of rotatable bonds is 2. The molecule has 1 aliphatic heterocycles. The van der Waals surface area contributed by atoms with E-state index in [1.165, 1.54) is 6.42 Å². The number of carbonyl (C=O) groups is 1. The van der Waals surface area contributed by atoms with Crippen LogP contribution in [-0.4, -0.2) is 37.0 Å². The average molecular weight is 182 g/mol. The Balaban J connectivity index is 2.31. The molecular weight excluding hydrogens is 164 g/mol. The molecule has 0 aromatic carbocycles. The van der Waals surface area contributed by atoms with Gasteiger partial charge >= 0.3 is 0 Å². The zero-order valence-corrected chi connectivity index (χ0v) is 8.42. The number of piperidine rings is 1. The van der Waals surface area contributed by atoms with Gasteiger partial charge in [0.25, 0.3) is 0 Å². The van der Waals surface area contributed by atoms with Crippen LogP contribution in [0.4, 0.5) is 0 Å². The maximum absolute atomic E-state index is 11.2. The van der Waals surface area contributed by atoms with Gasteiger partial charge in [-0.3, -0.25) is 4.79 Å². The predicted molar refractivity (Wildman–Crippen MR) is 53.5 cm³/mol. The second-order valence-corrected chi connectivity index (χ2v) is 3.61. The molecular formula is C10H18N2O. The highest BCUT2D eigenvalue weighted by molar-refractivity contribution is 5.87. The highest BCUT2D eigenvalue weighted by atomic mass is 16.1. The molecule has 1 atom stereocenters. The Bertz CT molecular complexity index is 201. The van der Waals surface area contributed by atoms with Gasteiger partial charge in [0, 0.05) is 12.6 Å². The lowest BCUT2D eigenvalue weighted by Crippen LogP contribution is -2.45. The van der Waals surface area contributed by atoms with Gasteiger partial charge in [-0.1, -0.05) is 6.08 Å². The largest absolute Gasteiger partial charge is 0.349 e. The minimum absolute atomic E-state index is 0.0304. The van der Waals surface area contributed by atoms with Crippen molar-refractivity contribution >= 4 is 5.91 Å². The molecule has 1 heterocycles. The molecule has 13 heavy (non-hydrogen) atoms. The smallest absolute Gasteiger partial charge is 0.243 e. The van der Waals surface area contributed by atoms with Crippen molar-refractivity contribution in [3.05, 3.63) is 12.2 Å². The highest BCUT2D eigenvalue weighted by Crippen LogP contribution is 2.07. The summed E-state index contributed by atoms with van der Waals surface area (Å²) in [5.41, 5.74) is 0. The summed E-state index contributed by atoms with van der Waals surface area (Å²) in [5, 5.41) is 2.98. The normalized spacial score (nSPS) is 24.9. The Morgan fingerprint density at radius 2 is 2.38 bits per heavy atom. The van der Waals surface area contributed by atoms with Crippen LogP contribution in [-0.2, 0) is 4.79 Å². The molecule has 3 nitrogen and oxygen atoms in total. The molecule has 74 valence electrons. The van der Waals surface area contributed by atoms with Crippen molar-refractivity contribution < 1.29 is 4.79 Å². The molecule has 0 aromatic rings. The van der Waals surface area contributed by atoms with E-state index in [1.54, 1.807) is 12.2 Å². The number of hydrogen-bond donors (Lipinski definition) is 1. The number of amides is 1. The topological polar surface area (TPSA) is 32.3 Å². The lowest BCUT2D eigenvalue weighted by atomic mass is 10.1. The second kappa shape index (κ2) is 5.02. The van der Waals surface area contributed by atoms with E-state index in [0.717, 1.165) is 19.5 Å². The van der Waals surface area contributed by atoms with Crippen molar-refractivity contribution in [3.8, 4) is 0 Å². The van der Waals surface area contributed by atoms with Crippen LogP contribution < -0.4 is 5.32 Å². The Labute approximate surface area is 79.8 Å². The molecule has 0 saturated carbocycles. The van der Waals surface area contributed by atoms with E-state index >= 15 is 0 Å². The number of hydrogen-bond acceptors (Lipinski definition) is 2. The summed E-state index contributed by atoms with van der Waals surface area (Å²) in [4.78, 5) is 13.5. The second-order valence-electron chi connectivity index (χ2n) is 3.61. The number of nitrogens with one attached hydrogen (secondary N) is 1. The Morgan fingerprint density at radius 1 is 1.62 bits per heavy atom. The van der Waals surface area contributed by atoms with Gasteiger partial charge in [-0.25, -0.2) is 0 Å². The van der Waals surface area contributed by atoms with Gasteiger partial charge in [0.1, 0.15) is 0 Å². The first-order chi connectivity index (χ1) is 6.22. The molecule has 1 amide bonds. The zero-order valence-electron chi connectivity index (χ0n) is 8.42. The van der Waals surface area contributed by atoms with Crippen LogP contribution in [0.3, 0.4) is 0 Å². The lowest BCUT2D eigenvalue weighted by Gasteiger charge is -2.29. The number of allylic oxidation sites excluding steroid dienone is 1. The first kappa shape index (κ1) is 10.3. The molecule has 0 spiro atoms. The number of likely N-dealkylation sites (tertiary alicyclic amines) is 1. The molecule has 0 aromatic heterocycles. The van der Waals surface area contributed by atoms with E-state index in [1.807, 2.05) is 6.92 Å². The molecule has 1 aliphatic rings. The molecule has 3 heteroatoms. The van der Waals surface area contributed by atoms with Crippen LogP contribution in [0.1, 0.15) is 19.8 Å². The minimum Gasteiger partial charge on any atom is -0.349 e. The van der Waals surface area contributed by atoms with Crippen molar-refractivity contribution in [1.82, 2.24) is 10.2 Å². The quantitative estimate of drug-likeness (QED) is 0.640. The van der Waals surface area contributed by atoms with Crippen LogP contribution in [0.15, 0.2) is 12.2 Å². The first-order valence-electron chi connectivity index (χ1n) is 4.84. The monoisotopic (exact) mass is 182 g/mol. The minimum atomic E-state index is 0.0304. The summed E-state index contributed by atoms with van der Waals surface area (Å²) in [6.45, 7) is 3.98. The Morgan fingerprint density at radius 3 is 3.00 bits per heavy atom. The van der Waals surface area contributed by atoms with Gasteiger partial charge < -0.3 is 10.2 Å². The fourth-order valence-electron chi connectivity index (χ4n) is 1.68. The number of nitrogens with zero attached hydrogens (tertiary/aromatic N) is 1. The van der Waals surface area contributed by atoms with E-state index in [2.05, 4.69) is 17.3 Å². The van der Waals surface area contributed by atoms with Crippen molar-refractivity contribution in [2.24, 2.45) is 0 Å². The number of likely N-dealkylation sites (N-methyl/N-ethyl adjacent to an activating group) is 1. The summed E-state index contributed by atoms with van der Waals surface area (Å²) in [7, 11) is 2.09. The third kappa shape index (κ3) is 3.59. The van der Waals surface area contributed by atoms with Crippen molar-refractivity contribution in [2.75, 3.05) is 20.1 Å². The molecule has 0 radical (unpaired) electrons. The molecule has 1 N–H and O–H groups in total. The Hall–Kier alpha value is -0.830. The first-order valence-corrected chi connectivity index (χ1v) is 4.84. The van der Waals surface area contributed by atoms with E-state index < -0.39 is 0 Å². The van der Waals surface area contributed by atoms with Gasteiger partial charge in [-0.2, -0.15) is 0 Å². The maximum Gasteiger partial charge on any atom is 0.243 e. The predicted octanol–water partition coefficient (Wildman–Crippen LogP) is 0.773. The molecule has 1 rings (SSSR count). The summed E-state index contributed by atoms with van der Waals surface area (Å²) in [6, 6.07) is 0.336. The molecule has 1 fully saturated rings. The third-order valence-electron chi connectivity index (χ3n) is 2.29. The summed E-state index contributed by atoms with van der Waals surface area (Å²) in [6.07, 6.45) is 5.63. The molecule has 1 unspecified atom stereocenters. The average Bonchev–Trinajstić information content (AvgIpc) is 2.04. The molecule has 0 bridgehead atoms. The van der Waals surface area contributed by atoms with E-state index in [4.69, 9.17) is 0 Å². The van der Waals surface area contributed by atoms with E-state index in [-0.39, 0.29) is 5.91 Å². The zero-order chi connectivity index (χ0) is 9.68. The van der Waals surface area contributed by atoms with Crippen LogP contribution in [0.25, 0.3) is 0 Å². The van der Waals surface area contributed by atoms with Crippen LogP contribution in [0.2, 0.25) is 0 Å². The summed E-state index contributed by atoms with van der Waals surface area (Å²) >= 11 is 0. The Kier molecular flexibility index (Phi) is 3.96. The van der Waals surface area contributed by atoms with Crippen LogP contribution >= 0.6 is 0 Å². The molecule has 1 saturated heterocycles. The third-order valence-corrected chi connectivity index (χ3v) is 2.29. The summed E-state index contributed by atoms with van der Waals surface area (Å²) < 4.78 is 0. The summed E-state index contributed by atoms with van der Waals surface area (Å²) in [5.74, 6) is 0.0304. The van der Waals surface area contributed by atoms with Gasteiger partial charge in [0.15, 0.2) is 0 Å². The van der Waals surface area contributed by atoms with Gasteiger partial charge in [-0.05, 0) is 39.4 Å². The van der Waals surface area contributed by atoms with Crippen LogP contribution in [0, 0.1) is 0 Å². The van der Waals surface area contributed by atoms with Crippen molar-refractivity contribution in [2.45, 2.75) is 25.8 Å². The standard InChI is InChI=1S/C10H18N2O/c1-3-5-10(13)11-9-6-4-7-12(2)8-9/h3,5,9H,4,6-8H2,1-2H3,(H,11,13). The van der Waals surface area contributed by atoms with Crippen molar-refractivity contribution in [1.29, 1.82) is 0 Å². The van der Waals surface area contributed by atoms with E-state index in [0.29, 0.717) is 6.04 Å². The SMILES string of the molecule is CC=CC(=O)NC1CCCN(C)C1. The lowest BCUT2D eigenvalue weighted by molar-refractivity contribution is -0.117. The fraction of sp³-hybridized carbons (Fsp3) is 0.700. The fourth-order valence-corrected chi connectivity index (χ4v) is 1.68. The maximum atomic E-state index is 11.2. The van der Waals surface area contributed by atoms with Gasteiger partial charge in [-0.15, -0.1) is 0 Å². The number of carbonyl (C=O) groups excluding carboxylic acids is 1. The molecule has 0 aliphatic carbocycles. The van der Waals surface area contributed by atoms with Gasteiger partial charge in [0.2, 0.25) is 5.91 Å². The van der Waals surface area contributed by atoms with Crippen molar-refractivity contribution in [3.63, 3.8) is 0 Å². The van der Waals surface area contributed by atoms with Crippen LogP contribution in [0.5, 0.6) is 0 Å². The van der Waals surface area contributed by atoms with Gasteiger partial charge in [0.05, 0.1) is 0 Å².